The zero-order chi connectivity index (χ0) is 4.24. The van der Waals surface area contributed by atoms with Crippen LogP contribution in [-0.2, 0) is 32.7 Å². The van der Waals surface area contributed by atoms with E-state index < -0.39 is 0 Å². The molecule has 0 amide bonds. The van der Waals surface area contributed by atoms with E-state index in [0.717, 1.165) is 0 Å². The van der Waals surface area contributed by atoms with E-state index in [0.29, 0.717) is 0 Å². The number of rotatable bonds is 0. The van der Waals surface area contributed by atoms with Crippen LogP contribution in [-0.4, -0.2) is 5.48 Å². The second-order valence-electron chi connectivity index (χ2n) is 1.93. The van der Waals surface area contributed by atoms with Crippen molar-refractivity contribution < 1.29 is 38.2 Å². The molecule has 0 atom stereocenters. The summed E-state index contributed by atoms with van der Waals surface area (Å²) in [5.74, 6) is 0. The van der Waals surface area contributed by atoms with Crippen LogP contribution in [0.3, 0.4) is 0 Å². The molecule has 0 heterocycles. The molecule has 0 aromatic carbocycles. The van der Waals surface area contributed by atoms with Crippen LogP contribution in [0.2, 0.25) is 0 Å². The molecule has 1 aliphatic carbocycles. The molecule has 47 valence electrons. The van der Waals surface area contributed by atoms with Crippen molar-refractivity contribution in [3.63, 3.8) is 0 Å². The maximum absolute atomic E-state index is 2.39. The third-order valence-electron chi connectivity index (χ3n) is 1.32. The van der Waals surface area contributed by atoms with Crippen LogP contribution in [0.15, 0.2) is 0 Å². The Morgan fingerprint density at radius 1 is 0.875 bits per heavy atom. The first-order valence-electron chi connectivity index (χ1n) is 2.82. The Kier molecular flexibility index (Phi) is 11.9. The molecule has 0 spiro atoms. The molecule has 0 saturated heterocycles. The summed E-state index contributed by atoms with van der Waals surface area (Å²) in [5, 5.41) is 0. The quantitative estimate of drug-likeness (QED) is 0.516. The molecule has 2 N–H and O–H groups in total. The van der Waals surface area contributed by atoms with Crippen LogP contribution in [0, 0.1) is 6.42 Å². The molecule has 1 saturated carbocycles. The molecule has 1 fully saturated rings. The molecule has 0 aromatic heterocycles. The zero-order valence-electron chi connectivity index (χ0n) is 5.19. The molecule has 0 aromatic rings. The predicted octanol–water partition coefficient (Wildman–Crippen LogP) is 1.33. The summed E-state index contributed by atoms with van der Waals surface area (Å²) in [6.07, 6.45) is 9.50. The van der Waals surface area contributed by atoms with Gasteiger partial charge in [0.15, 0.2) is 0 Å². The molecule has 1 aliphatic rings. The minimum absolute atomic E-state index is 0. The zero-order valence-corrected chi connectivity index (χ0v) is 8.03. The van der Waals surface area contributed by atoms with Gasteiger partial charge in [0.25, 0.3) is 0 Å². The second-order valence-corrected chi connectivity index (χ2v) is 1.93. The van der Waals surface area contributed by atoms with E-state index in [4.69, 9.17) is 0 Å². The summed E-state index contributed by atoms with van der Waals surface area (Å²) in [5.41, 5.74) is 0. The topological polar surface area (TPSA) is 31.5 Å². The fraction of sp³-hybridized carbons (Fsp3) is 0.833. The van der Waals surface area contributed by atoms with E-state index in [9.17, 15) is 0 Å². The summed E-state index contributed by atoms with van der Waals surface area (Å²) in [4.78, 5) is 0. The van der Waals surface area contributed by atoms with E-state index in [1.807, 2.05) is 0 Å². The first kappa shape index (κ1) is 11.8. The van der Waals surface area contributed by atoms with Crippen molar-refractivity contribution in [3.8, 4) is 0 Å². The monoisotopic (exact) mass is 190 g/mol. The fourth-order valence-electron chi connectivity index (χ4n) is 0.898. The van der Waals surface area contributed by atoms with Crippen LogP contribution in [0.1, 0.15) is 32.1 Å². The van der Waals surface area contributed by atoms with Crippen molar-refractivity contribution in [2.24, 2.45) is 0 Å². The Morgan fingerprint density at radius 2 is 1.38 bits per heavy atom. The predicted molar refractivity (Wildman–Crippen MR) is 31.0 cm³/mol. The minimum atomic E-state index is 0. The van der Waals surface area contributed by atoms with Crippen molar-refractivity contribution in [2.75, 3.05) is 0 Å². The van der Waals surface area contributed by atoms with Gasteiger partial charge in [0.2, 0.25) is 0 Å². The van der Waals surface area contributed by atoms with Crippen molar-refractivity contribution in [2.45, 2.75) is 32.1 Å². The summed E-state index contributed by atoms with van der Waals surface area (Å²) < 4.78 is 0. The van der Waals surface area contributed by atoms with E-state index in [1.54, 1.807) is 0 Å². The Bertz CT molecular complexity index is 24.0. The van der Waals surface area contributed by atoms with Crippen molar-refractivity contribution >= 4 is 0 Å². The fourth-order valence-corrected chi connectivity index (χ4v) is 0.898. The molecule has 0 unspecified atom stereocenters. The molecule has 8 heavy (non-hydrogen) atoms. The standard InChI is InChI=1S/C6H11.H2O.Y/c1-2-4-6-5-3-1;;/h1H,2-6H2;1H2;/q-1;;. The van der Waals surface area contributed by atoms with Gasteiger partial charge in [-0.25, -0.2) is 0 Å². The van der Waals surface area contributed by atoms with Crippen molar-refractivity contribution in [1.29, 1.82) is 0 Å². The Hall–Kier alpha value is 1.06. The largest absolute Gasteiger partial charge is 0.412 e. The van der Waals surface area contributed by atoms with Gasteiger partial charge in [-0.2, -0.15) is 12.8 Å². The van der Waals surface area contributed by atoms with Gasteiger partial charge >= 0.3 is 0 Å². The molecular formula is C6H13OY-. The second kappa shape index (κ2) is 8.06. The minimum Gasteiger partial charge on any atom is -0.412 e. The van der Waals surface area contributed by atoms with Gasteiger partial charge in [0.05, 0.1) is 0 Å². The average molecular weight is 190 g/mol. The third-order valence-corrected chi connectivity index (χ3v) is 1.32. The normalized spacial score (nSPS) is 18.0. The van der Waals surface area contributed by atoms with Crippen LogP contribution in [0.5, 0.6) is 0 Å². The van der Waals surface area contributed by atoms with Gasteiger partial charge in [-0.15, -0.1) is 0 Å². The van der Waals surface area contributed by atoms with Gasteiger partial charge in [0, 0.05) is 32.7 Å². The Balaban J connectivity index is 0. The first-order valence-corrected chi connectivity index (χ1v) is 2.82. The van der Waals surface area contributed by atoms with E-state index in [2.05, 4.69) is 6.42 Å². The molecule has 0 bridgehead atoms. The maximum atomic E-state index is 2.39. The molecule has 1 radical (unpaired) electrons. The molecular weight excluding hydrogens is 177 g/mol. The van der Waals surface area contributed by atoms with Crippen LogP contribution < -0.4 is 0 Å². The van der Waals surface area contributed by atoms with Crippen LogP contribution in [0.25, 0.3) is 0 Å². The Labute approximate surface area is 76.4 Å². The first-order chi connectivity index (χ1) is 3.00. The van der Waals surface area contributed by atoms with Gasteiger partial charge < -0.3 is 11.9 Å². The molecule has 1 rings (SSSR count). The SMILES string of the molecule is O.[CH-]1CCCCC1.[Y]. The van der Waals surface area contributed by atoms with Crippen LogP contribution in [0.4, 0.5) is 0 Å². The Morgan fingerprint density at radius 3 is 1.50 bits per heavy atom. The van der Waals surface area contributed by atoms with Gasteiger partial charge in [-0.1, -0.05) is 19.3 Å². The maximum Gasteiger partial charge on any atom is 0 e. The van der Waals surface area contributed by atoms with Crippen molar-refractivity contribution in [3.05, 3.63) is 6.42 Å². The van der Waals surface area contributed by atoms with Crippen LogP contribution >= 0.6 is 0 Å². The van der Waals surface area contributed by atoms with Gasteiger partial charge in [-0.3, -0.25) is 0 Å². The summed E-state index contributed by atoms with van der Waals surface area (Å²) in [7, 11) is 0. The van der Waals surface area contributed by atoms with E-state index >= 15 is 0 Å². The average Bonchev–Trinajstić information content (AvgIpc) is 1.72. The number of hydrogen-bond acceptors (Lipinski definition) is 0. The van der Waals surface area contributed by atoms with Gasteiger partial charge in [-0.05, 0) is 0 Å². The van der Waals surface area contributed by atoms with Crippen molar-refractivity contribution in [1.82, 2.24) is 0 Å². The summed E-state index contributed by atoms with van der Waals surface area (Å²) in [6.45, 7) is 0. The van der Waals surface area contributed by atoms with E-state index in [1.165, 1.54) is 32.1 Å². The van der Waals surface area contributed by atoms with Gasteiger partial charge in [0.1, 0.15) is 0 Å². The summed E-state index contributed by atoms with van der Waals surface area (Å²) >= 11 is 0. The number of hydrogen-bond donors (Lipinski definition) is 0. The molecule has 1 nitrogen and oxygen atoms in total. The molecule has 2 heteroatoms. The third kappa shape index (κ3) is 5.21. The van der Waals surface area contributed by atoms with E-state index in [-0.39, 0.29) is 38.2 Å². The summed E-state index contributed by atoms with van der Waals surface area (Å²) in [6, 6.07) is 0. The molecule has 0 aliphatic heterocycles. The smallest absolute Gasteiger partial charge is 0 e.